The van der Waals surface area contributed by atoms with Gasteiger partial charge in [-0.1, -0.05) is 25.0 Å². The SMILES string of the molecule is O=C(CCC1CC1)Nc1ccc(N2CCC=C(F)C2)cc1-c1nn[nH]n1.O=C1NC(=O)c2ccccc21. The minimum absolute atomic E-state index is 0.0126. The van der Waals surface area contributed by atoms with Crippen LogP contribution in [0.15, 0.2) is 54.4 Å². The van der Waals surface area contributed by atoms with E-state index in [2.05, 4.69) is 31.3 Å². The number of H-pyrrole nitrogens is 1. The van der Waals surface area contributed by atoms with E-state index in [9.17, 15) is 18.8 Å². The van der Waals surface area contributed by atoms with E-state index in [0.717, 1.165) is 18.7 Å². The monoisotopic (exact) mass is 503 g/mol. The topological polar surface area (TPSA) is 133 Å². The summed E-state index contributed by atoms with van der Waals surface area (Å²) in [5.41, 5.74) is 3.12. The number of tetrazole rings is 1. The summed E-state index contributed by atoms with van der Waals surface area (Å²) in [5.74, 6) is 0.367. The number of imide groups is 1. The van der Waals surface area contributed by atoms with Crippen molar-refractivity contribution in [2.45, 2.75) is 32.1 Å². The predicted octanol–water partition coefficient (Wildman–Crippen LogP) is 3.63. The molecule has 2 aromatic carbocycles. The summed E-state index contributed by atoms with van der Waals surface area (Å²) >= 11 is 0. The molecule has 1 aliphatic carbocycles. The van der Waals surface area contributed by atoms with Gasteiger partial charge in [-0.25, -0.2) is 4.39 Å². The zero-order chi connectivity index (χ0) is 25.8. The minimum Gasteiger partial charge on any atom is -0.365 e. The summed E-state index contributed by atoms with van der Waals surface area (Å²) in [7, 11) is 0. The van der Waals surface area contributed by atoms with Crippen LogP contribution in [-0.4, -0.2) is 51.4 Å². The molecule has 3 heterocycles. The Labute approximate surface area is 212 Å². The Morgan fingerprint density at radius 1 is 1.08 bits per heavy atom. The highest BCUT2D eigenvalue weighted by Crippen LogP contribution is 2.34. The number of benzene rings is 2. The summed E-state index contributed by atoms with van der Waals surface area (Å²) in [6.07, 6.45) is 6.20. The Hall–Kier alpha value is -4.41. The fourth-order valence-corrected chi connectivity index (χ4v) is 4.29. The molecule has 10 nitrogen and oxygen atoms in total. The van der Waals surface area contributed by atoms with Crippen LogP contribution in [0, 0.1) is 5.92 Å². The molecule has 11 heteroatoms. The van der Waals surface area contributed by atoms with Crippen LogP contribution in [0.5, 0.6) is 0 Å². The fraction of sp³-hybridized carbons (Fsp3) is 0.308. The van der Waals surface area contributed by atoms with Crippen molar-refractivity contribution in [3.8, 4) is 11.4 Å². The predicted molar refractivity (Wildman–Crippen MR) is 134 cm³/mol. The zero-order valence-corrected chi connectivity index (χ0v) is 20.0. The number of hydrogen-bond acceptors (Lipinski definition) is 7. The molecule has 6 rings (SSSR count). The van der Waals surface area contributed by atoms with E-state index in [1.54, 1.807) is 30.3 Å². The first kappa shape index (κ1) is 24.3. The second-order valence-corrected chi connectivity index (χ2v) is 9.19. The number of aromatic nitrogens is 4. The lowest BCUT2D eigenvalue weighted by atomic mass is 10.1. The second kappa shape index (κ2) is 10.7. The number of aromatic amines is 1. The van der Waals surface area contributed by atoms with Crippen LogP contribution in [0.4, 0.5) is 15.8 Å². The summed E-state index contributed by atoms with van der Waals surface area (Å²) in [6.45, 7) is 0.991. The third-order valence-corrected chi connectivity index (χ3v) is 6.46. The van der Waals surface area contributed by atoms with Crippen molar-refractivity contribution in [3.63, 3.8) is 0 Å². The molecule has 1 fully saturated rings. The molecule has 0 bridgehead atoms. The molecule has 2 aliphatic heterocycles. The van der Waals surface area contributed by atoms with Crippen molar-refractivity contribution >= 4 is 29.1 Å². The molecule has 3 N–H and O–H groups in total. The molecule has 37 heavy (non-hydrogen) atoms. The van der Waals surface area contributed by atoms with Crippen molar-refractivity contribution in [3.05, 3.63) is 65.5 Å². The number of amides is 3. The first-order chi connectivity index (χ1) is 18.0. The van der Waals surface area contributed by atoms with Crippen molar-refractivity contribution in [1.29, 1.82) is 0 Å². The van der Waals surface area contributed by atoms with Crippen LogP contribution in [0.3, 0.4) is 0 Å². The number of nitrogens with zero attached hydrogens (tertiary/aromatic N) is 4. The maximum absolute atomic E-state index is 13.6. The van der Waals surface area contributed by atoms with Gasteiger partial charge in [0.05, 0.1) is 23.4 Å². The van der Waals surface area contributed by atoms with Gasteiger partial charge in [-0.2, -0.15) is 5.21 Å². The lowest BCUT2D eigenvalue weighted by Gasteiger charge is -2.27. The minimum atomic E-state index is -0.300. The van der Waals surface area contributed by atoms with Gasteiger partial charge in [-0.15, -0.1) is 10.2 Å². The molecule has 0 spiro atoms. The number of carbonyl (C=O) groups is 3. The van der Waals surface area contributed by atoms with Crippen molar-refractivity contribution < 1.29 is 18.8 Å². The van der Waals surface area contributed by atoms with E-state index < -0.39 is 0 Å². The average Bonchev–Trinajstić information content (AvgIpc) is 3.49. The molecule has 0 radical (unpaired) electrons. The number of nitrogens with one attached hydrogen (secondary N) is 3. The molecule has 0 atom stereocenters. The number of halogens is 1. The van der Waals surface area contributed by atoms with E-state index in [1.807, 2.05) is 23.1 Å². The molecular formula is C26H26FN7O3. The maximum atomic E-state index is 13.6. The van der Waals surface area contributed by atoms with Crippen LogP contribution in [0.25, 0.3) is 11.4 Å². The molecule has 1 saturated carbocycles. The molecule has 0 saturated heterocycles. The van der Waals surface area contributed by atoms with E-state index in [1.165, 1.54) is 12.8 Å². The highest BCUT2D eigenvalue weighted by Gasteiger charge is 2.25. The zero-order valence-electron chi connectivity index (χ0n) is 20.0. The molecule has 3 amide bonds. The Kier molecular flexibility index (Phi) is 7.02. The van der Waals surface area contributed by atoms with E-state index in [0.29, 0.717) is 47.0 Å². The number of rotatable bonds is 6. The van der Waals surface area contributed by atoms with Gasteiger partial charge >= 0.3 is 0 Å². The number of carbonyl (C=O) groups excluding carboxylic acids is 3. The quantitative estimate of drug-likeness (QED) is 0.438. The number of fused-ring (bicyclic) bond motifs is 1. The van der Waals surface area contributed by atoms with Gasteiger partial charge < -0.3 is 10.2 Å². The van der Waals surface area contributed by atoms with E-state index in [-0.39, 0.29) is 30.1 Å². The van der Waals surface area contributed by atoms with Crippen LogP contribution in [0.2, 0.25) is 0 Å². The molecule has 3 aromatic rings. The van der Waals surface area contributed by atoms with Gasteiger partial charge in [0.15, 0.2) is 0 Å². The largest absolute Gasteiger partial charge is 0.365 e. The summed E-state index contributed by atoms with van der Waals surface area (Å²) in [5, 5.41) is 19.3. The lowest BCUT2D eigenvalue weighted by Crippen LogP contribution is -2.28. The first-order valence-corrected chi connectivity index (χ1v) is 12.2. The van der Waals surface area contributed by atoms with E-state index >= 15 is 0 Å². The van der Waals surface area contributed by atoms with Crippen LogP contribution in [-0.2, 0) is 4.79 Å². The Bertz CT molecular complexity index is 1320. The van der Waals surface area contributed by atoms with Crippen molar-refractivity contribution in [2.24, 2.45) is 5.92 Å². The van der Waals surface area contributed by atoms with Crippen LogP contribution in [0.1, 0.15) is 52.8 Å². The van der Waals surface area contributed by atoms with Gasteiger partial charge in [-0.05, 0) is 60.4 Å². The highest BCUT2D eigenvalue weighted by molar-refractivity contribution is 6.21. The van der Waals surface area contributed by atoms with Gasteiger partial charge in [0.2, 0.25) is 11.7 Å². The van der Waals surface area contributed by atoms with Gasteiger partial charge in [0.25, 0.3) is 11.8 Å². The molecule has 3 aliphatic rings. The summed E-state index contributed by atoms with van der Waals surface area (Å²) in [4.78, 5) is 36.1. The van der Waals surface area contributed by atoms with Gasteiger partial charge in [-0.3, -0.25) is 19.7 Å². The normalized spacial score (nSPS) is 16.4. The van der Waals surface area contributed by atoms with Crippen LogP contribution < -0.4 is 15.5 Å². The fourth-order valence-electron chi connectivity index (χ4n) is 4.29. The maximum Gasteiger partial charge on any atom is 0.258 e. The Morgan fingerprint density at radius 3 is 2.49 bits per heavy atom. The standard InChI is InChI=1S/C18H21FN6O.C8H5NO2/c19-13-2-1-9-25(11-13)14-6-7-16(15(10-14)18-21-23-24-22-18)20-17(26)8-5-12-3-4-12;10-7-5-3-1-2-4-6(5)8(11)9-7/h2,6-7,10,12H,1,3-5,8-9,11H2,(H,20,26)(H,21,22,23,24);1-4H,(H,9,10,11). The van der Waals surface area contributed by atoms with Crippen molar-refractivity contribution in [1.82, 2.24) is 25.9 Å². The third kappa shape index (κ3) is 5.88. The third-order valence-electron chi connectivity index (χ3n) is 6.46. The summed E-state index contributed by atoms with van der Waals surface area (Å²) < 4.78 is 13.6. The first-order valence-electron chi connectivity index (χ1n) is 12.2. The average molecular weight is 504 g/mol. The van der Waals surface area contributed by atoms with Gasteiger partial charge in [0.1, 0.15) is 5.83 Å². The van der Waals surface area contributed by atoms with E-state index in [4.69, 9.17) is 0 Å². The Balaban J connectivity index is 0.000000212. The summed E-state index contributed by atoms with van der Waals surface area (Å²) in [6, 6.07) is 12.3. The highest BCUT2D eigenvalue weighted by atomic mass is 19.1. The molecule has 0 unspecified atom stereocenters. The van der Waals surface area contributed by atoms with Crippen molar-refractivity contribution in [2.75, 3.05) is 23.3 Å². The molecule has 190 valence electrons. The Morgan fingerprint density at radius 2 is 1.84 bits per heavy atom. The number of anilines is 2. The lowest BCUT2D eigenvalue weighted by molar-refractivity contribution is -0.116. The molecule has 1 aromatic heterocycles. The smallest absolute Gasteiger partial charge is 0.258 e. The second-order valence-electron chi connectivity index (χ2n) is 9.19. The number of hydrogen-bond donors (Lipinski definition) is 3. The van der Waals surface area contributed by atoms with Crippen LogP contribution >= 0.6 is 0 Å². The molecular weight excluding hydrogens is 477 g/mol. The van der Waals surface area contributed by atoms with Gasteiger partial charge in [0, 0.05) is 24.2 Å².